The van der Waals surface area contributed by atoms with Crippen LogP contribution in [0.25, 0.3) is 10.6 Å². The fraction of sp³-hybridized carbons (Fsp3) is 0.312. The zero-order valence-electron chi connectivity index (χ0n) is 13.1. The molecule has 0 saturated heterocycles. The van der Waals surface area contributed by atoms with Crippen molar-refractivity contribution in [2.75, 3.05) is 0 Å². The number of carboxylic acids is 1. The molecule has 0 bridgehead atoms. The Morgan fingerprint density at radius 1 is 1.22 bits per heavy atom. The summed E-state index contributed by atoms with van der Waals surface area (Å²) in [5.41, 5.74) is 1.08. The molecule has 1 amide bonds. The van der Waals surface area contributed by atoms with Crippen LogP contribution in [0.3, 0.4) is 0 Å². The lowest BCUT2D eigenvalue weighted by Gasteiger charge is -2.09. The highest BCUT2D eigenvalue weighted by atomic mass is 32.1. The Balaban J connectivity index is 2.09. The van der Waals surface area contributed by atoms with Gasteiger partial charge in [-0.25, -0.2) is 4.98 Å². The summed E-state index contributed by atoms with van der Waals surface area (Å²) in [5, 5.41) is 13.5. The second-order valence-electron chi connectivity index (χ2n) is 5.26. The molecule has 0 aliphatic rings. The number of hydrogen-bond donors (Lipinski definition) is 2. The molecule has 2 N–H and O–H groups in total. The van der Waals surface area contributed by atoms with Crippen molar-refractivity contribution in [1.29, 1.82) is 0 Å². The fourth-order valence-corrected chi connectivity index (χ4v) is 2.60. The summed E-state index contributed by atoms with van der Waals surface area (Å²) in [4.78, 5) is 26.9. The Morgan fingerprint density at radius 2 is 1.87 bits per heavy atom. The molecular weight excluding hydrogens is 316 g/mol. The van der Waals surface area contributed by atoms with Crippen LogP contribution < -0.4 is 10.1 Å². The molecule has 6 nitrogen and oxygen atoms in total. The third-order valence-electron chi connectivity index (χ3n) is 2.93. The Morgan fingerprint density at radius 3 is 2.43 bits per heavy atom. The molecule has 1 aromatic carbocycles. The van der Waals surface area contributed by atoms with Crippen LogP contribution in [-0.4, -0.2) is 34.1 Å². The maximum atomic E-state index is 11.9. The molecule has 122 valence electrons. The molecule has 0 saturated carbocycles. The number of amides is 1. The minimum Gasteiger partial charge on any atom is -0.491 e. The van der Waals surface area contributed by atoms with Gasteiger partial charge < -0.3 is 15.2 Å². The number of ether oxygens (including phenoxy) is 1. The molecule has 0 aliphatic carbocycles. The first-order valence-corrected chi connectivity index (χ1v) is 8.01. The third-order valence-corrected chi connectivity index (χ3v) is 3.82. The molecule has 1 aromatic heterocycles. The second kappa shape index (κ2) is 7.23. The molecule has 7 heteroatoms. The van der Waals surface area contributed by atoms with E-state index in [1.165, 1.54) is 18.3 Å². The minimum absolute atomic E-state index is 0.104. The topological polar surface area (TPSA) is 88.5 Å². The van der Waals surface area contributed by atoms with Gasteiger partial charge in [-0.3, -0.25) is 9.59 Å². The van der Waals surface area contributed by atoms with Gasteiger partial charge in [0.2, 0.25) is 0 Å². The van der Waals surface area contributed by atoms with Crippen molar-refractivity contribution in [2.24, 2.45) is 0 Å². The van der Waals surface area contributed by atoms with Crippen molar-refractivity contribution in [2.45, 2.75) is 32.9 Å². The molecule has 2 aromatic rings. The molecule has 2 rings (SSSR count). The van der Waals surface area contributed by atoms with Gasteiger partial charge in [-0.1, -0.05) is 0 Å². The standard InChI is InChI=1S/C16H18N2O4S/c1-9(2)22-12-6-4-11(5-7-12)15-18-13(8-23-15)14(19)17-10(3)16(20)21/h4-10H,1-3H3,(H,17,19)(H,20,21)/t10-/m1/s1. The summed E-state index contributed by atoms with van der Waals surface area (Å²) >= 11 is 1.33. The van der Waals surface area contributed by atoms with Crippen LogP contribution >= 0.6 is 11.3 Å². The SMILES string of the molecule is CC(C)Oc1ccc(-c2nc(C(=O)N[C@H](C)C(=O)O)cs2)cc1. The lowest BCUT2D eigenvalue weighted by atomic mass is 10.2. The van der Waals surface area contributed by atoms with Gasteiger partial charge in [0.1, 0.15) is 22.5 Å². The van der Waals surface area contributed by atoms with Crippen molar-refractivity contribution in [3.05, 3.63) is 35.3 Å². The Bertz CT molecular complexity index is 694. The van der Waals surface area contributed by atoms with E-state index in [2.05, 4.69) is 10.3 Å². The maximum Gasteiger partial charge on any atom is 0.325 e. The number of carbonyl (C=O) groups is 2. The predicted molar refractivity (Wildman–Crippen MR) is 87.9 cm³/mol. The molecule has 0 unspecified atom stereocenters. The van der Waals surface area contributed by atoms with Gasteiger partial charge in [0.05, 0.1) is 6.10 Å². The quantitative estimate of drug-likeness (QED) is 0.848. The number of benzene rings is 1. The molecule has 0 aliphatic heterocycles. The van der Waals surface area contributed by atoms with Crippen molar-refractivity contribution in [3.63, 3.8) is 0 Å². The smallest absolute Gasteiger partial charge is 0.325 e. The number of carbonyl (C=O) groups excluding carboxylic acids is 1. The van der Waals surface area contributed by atoms with Crippen LogP contribution in [0.15, 0.2) is 29.6 Å². The molecule has 1 atom stereocenters. The Kier molecular flexibility index (Phi) is 5.33. The van der Waals surface area contributed by atoms with Gasteiger partial charge in [-0.05, 0) is 45.0 Å². The number of hydrogen-bond acceptors (Lipinski definition) is 5. The van der Waals surface area contributed by atoms with E-state index in [0.717, 1.165) is 11.3 Å². The largest absolute Gasteiger partial charge is 0.491 e. The number of aliphatic carboxylic acids is 1. The molecule has 0 spiro atoms. The minimum atomic E-state index is -1.09. The summed E-state index contributed by atoms with van der Waals surface area (Å²) in [7, 11) is 0. The first kappa shape index (κ1) is 17.0. The zero-order valence-corrected chi connectivity index (χ0v) is 13.9. The highest BCUT2D eigenvalue weighted by molar-refractivity contribution is 7.13. The van der Waals surface area contributed by atoms with Crippen molar-refractivity contribution < 1.29 is 19.4 Å². The van der Waals surface area contributed by atoms with Gasteiger partial charge in [0.15, 0.2) is 0 Å². The van der Waals surface area contributed by atoms with Crippen molar-refractivity contribution in [1.82, 2.24) is 10.3 Å². The molecular formula is C16H18N2O4S. The Hall–Kier alpha value is -2.41. The van der Waals surface area contributed by atoms with E-state index >= 15 is 0 Å². The summed E-state index contributed by atoms with van der Waals surface area (Å²) in [6.45, 7) is 5.32. The van der Waals surface area contributed by atoms with Crippen LogP contribution in [0, 0.1) is 0 Å². The van der Waals surface area contributed by atoms with E-state index in [9.17, 15) is 9.59 Å². The highest BCUT2D eigenvalue weighted by Crippen LogP contribution is 2.26. The lowest BCUT2D eigenvalue weighted by molar-refractivity contribution is -0.138. The van der Waals surface area contributed by atoms with Gasteiger partial charge in [0.25, 0.3) is 5.91 Å². The van der Waals surface area contributed by atoms with E-state index in [1.807, 2.05) is 38.1 Å². The number of thiazole rings is 1. The van der Waals surface area contributed by atoms with Crippen LogP contribution in [-0.2, 0) is 4.79 Å². The summed E-state index contributed by atoms with van der Waals surface area (Å²) in [6.07, 6.45) is 0.104. The zero-order chi connectivity index (χ0) is 17.0. The van der Waals surface area contributed by atoms with E-state index in [0.29, 0.717) is 5.01 Å². The van der Waals surface area contributed by atoms with Crippen LogP contribution in [0.2, 0.25) is 0 Å². The first-order chi connectivity index (χ1) is 10.9. The summed E-state index contributed by atoms with van der Waals surface area (Å²) in [6, 6.07) is 6.49. The van der Waals surface area contributed by atoms with Crippen LogP contribution in [0.5, 0.6) is 5.75 Å². The summed E-state index contributed by atoms with van der Waals surface area (Å²) in [5.74, 6) is -0.815. The van der Waals surface area contributed by atoms with E-state index < -0.39 is 17.9 Å². The van der Waals surface area contributed by atoms with Crippen LogP contribution in [0.1, 0.15) is 31.3 Å². The third kappa shape index (κ3) is 4.53. The monoisotopic (exact) mass is 334 g/mol. The highest BCUT2D eigenvalue weighted by Gasteiger charge is 2.17. The van der Waals surface area contributed by atoms with E-state index in [-0.39, 0.29) is 11.8 Å². The number of nitrogens with zero attached hydrogens (tertiary/aromatic N) is 1. The predicted octanol–water partition coefficient (Wildman–Crippen LogP) is 2.80. The molecule has 23 heavy (non-hydrogen) atoms. The van der Waals surface area contributed by atoms with E-state index in [1.54, 1.807) is 5.38 Å². The number of rotatable bonds is 6. The fourth-order valence-electron chi connectivity index (χ4n) is 1.79. The van der Waals surface area contributed by atoms with E-state index in [4.69, 9.17) is 9.84 Å². The molecule has 1 heterocycles. The lowest BCUT2D eigenvalue weighted by Crippen LogP contribution is -2.38. The normalized spacial score (nSPS) is 12.0. The van der Waals surface area contributed by atoms with Crippen molar-refractivity contribution in [3.8, 4) is 16.3 Å². The second-order valence-corrected chi connectivity index (χ2v) is 6.12. The van der Waals surface area contributed by atoms with Gasteiger partial charge in [0, 0.05) is 10.9 Å². The van der Waals surface area contributed by atoms with Gasteiger partial charge in [-0.15, -0.1) is 11.3 Å². The average molecular weight is 334 g/mol. The molecule has 0 radical (unpaired) electrons. The average Bonchev–Trinajstić information content (AvgIpc) is 2.97. The Labute approximate surface area is 138 Å². The first-order valence-electron chi connectivity index (χ1n) is 7.13. The van der Waals surface area contributed by atoms with Gasteiger partial charge >= 0.3 is 5.97 Å². The molecule has 0 fully saturated rings. The number of carboxylic acid groups (broad SMARTS) is 1. The number of nitrogens with one attached hydrogen (secondary N) is 1. The maximum absolute atomic E-state index is 11.9. The summed E-state index contributed by atoms with van der Waals surface area (Å²) < 4.78 is 5.58. The van der Waals surface area contributed by atoms with Crippen molar-refractivity contribution >= 4 is 23.2 Å². The van der Waals surface area contributed by atoms with Gasteiger partial charge in [-0.2, -0.15) is 0 Å². The number of aromatic nitrogens is 1. The van der Waals surface area contributed by atoms with Crippen LogP contribution in [0.4, 0.5) is 0 Å².